The highest BCUT2D eigenvalue weighted by atomic mass is 16.6. The Morgan fingerprint density at radius 1 is 1.53 bits per heavy atom. The van der Waals surface area contributed by atoms with Crippen LogP contribution in [0, 0.1) is 16.0 Å². The lowest BCUT2D eigenvalue weighted by molar-refractivity contribution is -0.389. The molecule has 7 nitrogen and oxygen atoms in total. The SMILES string of the molecule is CC(C)C(=O)N1CCn2nc([N+](=O)[O-])cc2C1. The summed E-state index contributed by atoms with van der Waals surface area (Å²) >= 11 is 0. The average molecular weight is 238 g/mol. The largest absolute Gasteiger partial charge is 0.390 e. The Kier molecular flexibility index (Phi) is 2.83. The normalized spacial score (nSPS) is 14.9. The zero-order valence-corrected chi connectivity index (χ0v) is 9.79. The molecule has 0 fully saturated rings. The number of nitrogens with zero attached hydrogens (tertiary/aromatic N) is 4. The van der Waals surface area contributed by atoms with Gasteiger partial charge < -0.3 is 15.0 Å². The highest BCUT2D eigenvalue weighted by Gasteiger charge is 2.27. The molecule has 2 rings (SSSR count). The van der Waals surface area contributed by atoms with E-state index in [0.717, 1.165) is 5.69 Å². The molecule has 0 spiro atoms. The molecule has 0 bridgehead atoms. The maximum atomic E-state index is 11.8. The lowest BCUT2D eigenvalue weighted by Crippen LogP contribution is -2.40. The van der Waals surface area contributed by atoms with E-state index in [2.05, 4.69) is 5.10 Å². The number of rotatable bonds is 2. The van der Waals surface area contributed by atoms with Gasteiger partial charge in [0.15, 0.2) is 0 Å². The van der Waals surface area contributed by atoms with Crippen LogP contribution < -0.4 is 0 Å². The van der Waals surface area contributed by atoms with E-state index in [9.17, 15) is 14.9 Å². The number of hydrogen-bond donors (Lipinski definition) is 0. The summed E-state index contributed by atoms with van der Waals surface area (Å²) < 4.78 is 1.60. The van der Waals surface area contributed by atoms with Crippen LogP contribution in [0.5, 0.6) is 0 Å². The van der Waals surface area contributed by atoms with Crippen molar-refractivity contribution in [1.29, 1.82) is 0 Å². The molecule has 1 aliphatic heterocycles. The summed E-state index contributed by atoms with van der Waals surface area (Å²) in [6.07, 6.45) is 0. The lowest BCUT2D eigenvalue weighted by Gasteiger charge is -2.27. The van der Waals surface area contributed by atoms with Gasteiger partial charge in [-0.25, -0.2) is 0 Å². The van der Waals surface area contributed by atoms with Gasteiger partial charge in [-0.2, -0.15) is 4.68 Å². The van der Waals surface area contributed by atoms with E-state index in [0.29, 0.717) is 19.6 Å². The standard InChI is InChI=1S/C10H14N4O3/c1-7(2)10(15)12-3-4-13-8(6-12)5-9(11-13)14(16)17/h5,7H,3-4,6H2,1-2H3. The fraction of sp³-hybridized carbons (Fsp3) is 0.600. The average Bonchev–Trinajstić information content (AvgIpc) is 2.70. The van der Waals surface area contributed by atoms with Crippen LogP contribution in [0.25, 0.3) is 0 Å². The fourth-order valence-corrected chi connectivity index (χ4v) is 1.89. The van der Waals surface area contributed by atoms with E-state index in [-0.39, 0.29) is 17.6 Å². The van der Waals surface area contributed by atoms with E-state index in [1.165, 1.54) is 6.07 Å². The summed E-state index contributed by atoms with van der Waals surface area (Å²) in [6.45, 7) is 5.16. The minimum absolute atomic E-state index is 0.0561. The van der Waals surface area contributed by atoms with Gasteiger partial charge in [0.05, 0.1) is 29.9 Å². The number of amides is 1. The number of hydrogen-bond acceptors (Lipinski definition) is 4. The Balaban J connectivity index is 2.19. The van der Waals surface area contributed by atoms with E-state index in [1.807, 2.05) is 13.8 Å². The lowest BCUT2D eigenvalue weighted by atomic mass is 10.1. The molecule has 0 aromatic carbocycles. The molecule has 1 amide bonds. The van der Waals surface area contributed by atoms with Gasteiger partial charge in [0, 0.05) is 12.5 Å². The number of carbonyl (C=O) groups is 1. The molecule has 0 saturated heterocycles. The number of carbonyl (C=O) groups excluding carboxylic acids is 1. The molecule has 0 radical (unpaired) electrons. The number of nitro groups is 1. The quantitative estimate of drug-likeness (QED) is 0.563. The predicted octanol–water partition coefficient (Wildman–Crippen LogP) is 0.790. The first-order chi connectivity index (χ1) is 7.99. The van der Waals surface area contributed by atoms with Crippen molar-refractivity contribution in [2.45, 2.75) is 26.9 Å². The minimum atomic E-state index is -0.514. The zero-order valence-electron chi connectivity index (χ0n) is 9.79. The Morgan fingerprint density at radius 3 is 2.82 bits per heavy atom. The molecule has 0 N–H and O–H groups in total. The third kappa shape index (κ3) is 2.13. The minimum Gasteiger partial charge on any atom is -0.358 e. The number of aromatic nitrogens is 2. The van der Waals surface area contributed by atoms with Crippen molar-refractivity contribution in [3.8, 4) is 0 Å². The molecule has 0 aliphatic carbocycles. The Hall–Kier alpha value is -1.92. The van der Waals surface area contributed by atoms with E-state index in [4.69, 9.17) is 0 Å². The van der Waals surface area contributed by atoms with Crippen molar-refractivity contribution in [1.82, 2.24) is 14.7 Å². The second kappa shape index (κ2) is 4.15. The molecular weight excluding hydrogens is 224 g/mol. The molecule has 1 aromatic heterocycles. The van der Waals surface area contributed by atoms with Crippen LogP contribution in [0.2, 0.25) is 0 Å². The van der Waals surface area contributed by atoms with Gasteiger partial charge in [0.1, 0.15) is 0 Å². The Morgan fingerprint density at radius 2 is 2.24 bits per heavy atom. The summed E-state index contributed by atoms with van der Waals surface area (Å²) in [4.78, 5) is 23.6. The molecule has 17 heavy (non-hydrogen) atoms. The second-order valence-electron chi connectivity index (χ2n) is 4.39. The summed E-state index contributed by atoms with van der Waals surface area (Å²) in [5.41, 5.74) is 0.719. The molecular formula is C10H14N4O3. The maximum absolute atomic E-state index is 11.8. The van der Waals surface area contributed by atoms with Crippen LogP contribution >= 0.6 is 0 Å². The van der Waals surface area contributed by atoms with E-state index in [1.54, 1.807) is 9.58 Å². The highest BCUT2D eigenvalue weighted by molar-refractivity contribution is 5.78. The molecule has 92 valence electrons. The topological polar surface area (TPSA) is 81.3 Å². The first-order valence-electron chi connectivity index (χ1n) is 5.49. The van der Waals surface area contributed by atoms with Gasteiger partial charge in [0.25, 0.3) is 0 Å². The smallest absolute Gasteiger partial charge is 0.358 e. The Bertz CT molecular complexity index is 466. The van der Waals surface area contributed by atoms with Gasteiger partial charge in [-0.3, -0.25) is 4.79 Å². The van der Waals surface area contributed by atoms with Gasteiger partial charge >= 0.3 is 5.82 Å². The molecule has 2 heterocycles. The fourth-order valence-electron chi connectivity index (χ4n) is 1.89. The van der Waals surface area contributed by atoms with Crippen molar-refractivity contribution in [3.05, 3.63) is 21.9 Å². The summed E-state index contributed by atoms with van der Waals surface area (Å²) in [6, 6.07) is 1.43. The van der Waals surface area contributed by atoms with Crippen molar-refractivity contribution >= 4 is 11.7 Å². The third-order valence-electron chi connectivity index (χ3n) is 2.78. The van der Waals surface area contributed by atoms with Crippen LogP contribution in [0.15, 0.2) is 6.07 Å². The van der Waals surface area contributed by atoms with Crippen LogP contribution in [-0.4, -0.2) is 32.1 Å². The third-order valence-corrected chi connectivity index (χ3v) is 2.78. The molecule has 1 aliphatic rings. The van der Waals surface area contributed by atoms with Crippen molar-refractivity contribution < 1.29 is 9.72 Å². The summed E-state index contributed by atoms with van der Waals surface area (Å²) in [7, 11) is 0. The van der Waals surface area contributed by atoms with Gasteiger partial charge in [-0.05, 0) is 4.92 Å². The van der Waals surface area contributed by atoms with Crippen LogP contribution in [0.4, 0.5) is 5.82 Å². The van der Waals surface area contributed by atoms with Crippen molar-refractivity contribution in [2.75, 3.05) is 6.54 Å². The van der Waals surface area contributed by atoms with Gasteiger partial charge in [-0.1, -0.05) is 13.8 Å². The van der Waals surface area contributed by atoms with Gasteiger partial charge in [-0.15, -0.1) is 0 Å². The summed E-state index contributed by atoms with van der Waals surface area (Å²) in [5.74, 6) is -0.140. The van der Waals surface area contributed by atoms with E-state index >= 15 is 0 Å². The first kappa shape index (κ1) is 11.6. The second-order valence-corrected chi connectivity index (χ2v) is 4.39. The van der Waals surface area contributed by atoms with Gasteiger partial charge in [0.2, 0.25) is 5.91 Å². The monoisotopic (exact) mass is 238 g/mol. The molecule has 1 aromatic rings. The van der Waals surface area contributed by atoms with E-state index < -0.39 is 4.92 Å². The zero-order chi connectivity index (χ0) is 12.6. The molecule has 0 atom stereocenters. The predicted molar refractivity (Wildman–Crippen MR) is 59.1 cm³/mol. The molecule has 0 saturated carbocycles. The summed E-state index contributed by atoms with van der Waals surface area (Å²) in [5, 5.41) is 14.5. The first-order valence-corrected chi connectivity index (χ1v) is 5.49. The van der Waals surface area contributed by atoms with Crippen LogP contribution in [0.3, 0.4) is 0 Å². The molecule has 7 heteroatoms. The Labute approximate surface area is 98.2 Å². The maximum Gasteiger partial charge on any atom is 0.390 e. The number of fused-ring (bicyclic) bond motifs is 1. The van der Waals surface area contributed by atoms with Crippen LogP contribution in [0.1, 0.15) is 19.5 Å². The van der Waals surface area contributed by atoms with Crippen molar-refractivity contribution in [3.63, 3.8) is 0 Å². The van der Waals surface area contributed by atoms with Crippen molar-refractivity contribution in [2.24, 2.45) is 5.92 Å². The van der Waals surface area contributed by atoms with Crippen LogP contribution in [-0.2, 0) is 17.9 Å². The highest BCUT2D eigenvalue weighted by Crippen LogP contribution is 2.19. The molecule has 0 unspecified atom stereocenters.